The minimum Gasteiger partial charge on any atom is -0.387 e. The molecule has 2 heteroatoms. The number of aliphatic hydroxyl groups is 1. The molecule has 1 N–H and O–H groups in total. The number of hydrogen-bond acceptors (Lipinski definition) is 2. The zero-order chi connectivity index (χ0) is 13.2. The predicted molar refractivity (Wildman–Crippen MR) is 76.6 cm³/mol. The van der Waals surface area contributed by atoms with Gasteiger partial charge in [0.25, 0.3) is 0 Å². The molecular formula is C17H19NO. The molecule has 0 aromatic heterocycles. The highest BCUT2D eigenvalue weighted by Gasteiger charge is 2.27. The average Bonchev–Trinajstić information content (AvgIpc) is 2.90. The van der Waals surface area contributed by atoms with Crippen LogP contribution in [0.3, 0.4) is 0 Å². The Labute approximate surface area is 114 Å². The van der Waals surface area contributed by atoms with E-state index in [9.17, 15) is 5.11 Å². The first-order valence-electron chi connectivity index (χ1n) is 6.79. The van der Waals surface area contributed by atoms with Crippen LogP contribution in [-0.4, -0.2) is 16.0 Å². The van der Waals surface area contributed by atoms with Gasteiger partial charge in [-0.2, -0.15) is 0 Å². The molecule has 0 spiro atoms. The van der Waals surface area contributed by atoms with Crippen LogP contribution < -0.4 is 0 Å². The van der Waals surface area contributed by atoms with E-state index in [4.69, 9.17) is 0 Å². The van der Waals surface area contributed by atoms with Gasteiger partial charge in [-0.3, -0.25) is 4.90 Å². The maximum atomic E-state index is 10.5. The highest BCUT2D eigenvalue weighted by molar-refractivity contribution is 5.30. The second-order valence-electron chi connectivity index (χ2n) is 5.27. The molecule has 0 fully saturated rings. The van der Waals surface area contributed by atoms with Gasteiger partial charge in [0.1, 0.15) is 0 Å². The van der Waals surface area contributed by atoms with Crippen LogP contribution in [0.1, 0.15) is 29.7 Å². The lowest BCUT2D eigenvalue weighted by atomic mass is 10.0. The van der Waals surface area contributed by atoms with Gasteiger partial charge in [-0.25, -0.2) is 0 Å². The minimum absolute atomic E-state index is 0.120. The Balaban J connectivity index is 1.75. The van der Waals surface area contributed by atoms with Crippen LogP contribution in [-0.2, 0) is 13.1 Å². The van der Waals surface area contributed by atoms with Gasteiger partial charge in [0.2, 0.25) is 0 Å². The van der Waals surface area contributed by atoms with Gasteiger partial charge < -0.3 is 5.11 Å². The standard InChI is InChI=1S/C17H19NO/c1-13(17(19)14-7-3-2-4-8-14)18-11-15-9-5-6-10-16(15)12-18/h2-10,13,17,19H,11-12H2,1H3/t13?,17-/m0/s1. The van der Waals surface area contributed by atoms with Crippen molar-refractivity contribution >= 4 is 0 Å². The molecule has 19 heavy (non-hydrogen) atoms. The molecule has 98 valence electrons. The Bertz CT molecular complexity index is 527. The average molecular weight is 253 g/mol. The van der Waals surface area contributed by atoms with Crippen LogP contribution in [0.2, 0.25) is 0 Å². The Hall–Kier alpha value is -1.64. The van der Waals surface area contributed by atoms with Crippen molar-refractivity contribution in [2.24, 2.45) is 0 Å². The molecule has 3 rings (SSSR count). The van der Waals surface area contributed by atoms with Gasteiger partial charge in [0.05, 0.1) is 6.10 Å². The number of hydrogen-bond donors (Lipinski definition) is 1. The molecule has 0 saturated heterocycles. The third-order valence-corrected chi connectivity index (χ3v) is 4.04. The summed E-state index contributed by atoms with van der Waals surface area (Å²) < 4.78 is 0. The number of nitrogens with zero attached hydrogens (tertiary/aromatic N) is 1. The van der Waals surface area contributed by atoms with Crippen LogP contribution in [0.25, 0.3) is 0 Å². The van der Waals surface area contributed by atoms with E-state index in [1.165, 1.54) is 11.1 Å². The lowest BCUT2D eigenvalue weighted by Gasteiger charge is -2.28. The first-order chi connectivity index (χ1) is 9.25. The normalized spacial score (nSPS) is 18.0. The molecular weight excluding hydrogens is 234 g/mol. The molecule has 0 radical (unpaired) electrons. The third-order valence-electron chi connectivity index (χ3n) is 4.04. The maximum Gasteiger partial charge on any atom is 0.0942 e. The summed E-state index contributed by atoms with van der Waals surface area (Å²) in [5.74, 6) is 0. The number of benzene rings is 2. The van der Waals surface area contributed by atoms with Crippen molar-refractivity contribution < 1.29 is 5.11 Å². The molecule has 1 aliphatic rings. The highest BCUT2D eigenvalue weighted by Crippen LogP contribution is 2.29. The van der Waals surface area contributed by atoms with Crippen LogP contribution in [0.4, 0.5) is 0 Å². The van der Waals surface area contributed by atoms with Gasteiger partial charge >= 0.3 is 0 Å². The molecule has 1 unspecified atom stereocenters. The Morgan fingerprint density at radius 2 is 1.42 bits per heavy atom. The zero-order valence-corrected chi connectivity index (χ0v) is 11.2. The second kappa shape index (κ2) is 5.16. The number of fused-ring (bicyclic) bond motifs is 1. The van der Waals surface area contributed by atoms with Gasteiger partial charge in [0.15, 0.2) is 0 Å². The fourth-order valence-electron chi connectivity index (χ4n) is 2.78. The SMILES string of the molecule is CC([C@H](O)c1ccccc1)N1Cc2ccccc2C1. The van der Waals surface area contributed by atoms with Crippen LogP contribution in [0, 0.1) is 0 Å². The Morgan fingerprint density at radius 3 is 2.00 bits per heavy atom. The molecule has 2 nitrogen and oxygen atoms in total. The lowest BCUT2D eigenvalue weighted by Crippen LogP contribution is -2.33. The molecule has 0 bridgehead atoms. The van der Waals surface area contributed by atoms with E-state index >= 15 is 0 Å². The van der Waals surface area contributed by atoms with Crippen LogP contribution in [0.15, 0.2) is 54.6 Å². The van der Waals surface area contributed by atoms with E-state index in [-0.39, 0.29) is 6.04 Å². The fraction of sp³-hybridized carbons (Fsp3) is 0.294. The number of rotatable bonds is 3. The molecule has 0 saturated carbocycles. The van der Waals surface area contributed by atoms with Gasteiger partial charge in [-0.15, -0.1) is 0 Å². The maximum absolute atomic E-state index is 10.5. The van der Waals surface area contributed by atoms with E-state index in [1.54, 1.807) is 0 Å². The Morgan fingerprint density at radius 1 is 0.895 bits per heavy atom. The van der Waals surface area contributed by atoms with E-state index in [1.807, 2.05) is 30.3 Å². The first-order valence-corrected chi connectivity index (χ1v) is 6.79. The van der Waals surface area contributed by atoms with Crippen molar-refractivity contribution in [3.8, 4) is 0 Å². The van der Waals surface area contributed by atoms with Crippen molar-refractivity contribution in [1.29, 1.82) is 0 Å². The molecule has 0 aliphatic carbocycles. The molecule has 2 aromatic rings. The fourth-order valence-corrected chi connectivity index (χ4v) is 2.78. The van der Waals surface area contributed by atoms with E-state index in [0.29, 0.717) is 0 Å². The summed E-state index contributed by atoms with van der Waals surface area (Å²) >= 11 is 0. The summed E-state index contributed by atoms with van der Waals surface area (Å²) in [5.41, 5.74) is 3.76. The van der Waals surface area contributed by atoms with Gasteiger partial charge in [-0.05, 0) is 23.6 Å². The van der Waals surface area contributed by atoms with Crippen molar-refractivity contribution in [2.45, 2.75) is 32.2 Å². The van der Waals surface area contributed by atoms with Crippen molar-refractivity contribution in [3.05, 3.63) is 71.3 Å². The van der Waals surface area contributed by atoms with Crippen LogP contribution in [0.5, 0.6) is 0 Å². The molecule has 1 aliphatic heterocycles. The number of aliphatic hydroxyl groups excluding tert-OH is 1. The largest absolute Gasteiger partial charge is 0.387 e. The Kier molecular flexibility index (Phi) is 3.36. The van der Waals surface area contributed by atoms with Crippen molar-refractivity contribution in [3.63, 3.8) is 0 Å². The molecule has 0 amide bonds. The van der Waals surface area contributed by atoms with Gasteiger partial charge in [-0.1, -0.05) is 54.6 Å². The second-order valence-corrected chi connectivity index (χ2v) is 5.27. The summed E-state index contributed by atoms with van der Waals surface area (Å²) in [6.45, 7) is 3.96. The topological polar surface area (TPSA) is 23.5 Å². The van der Waals surface area contributed by atoms with E-state index in [0.717, 1.165) is 18.7 Å². The predicted octanol–water partition coefficient (Wildman–Crippen LogP) is 3.12. The van der Waals surface area contributed by atoms with Crippen molar-refractivity contribution in [2.75, 3.05) is 0 Å². The van der Waals surface area contributed by atoms with E-state index < -0.39 is 6.10 Å². The summed E-state index contributed by atoms with van der Waals surface area (Å²) in [6.07, 6.45) is -0.435. The van der Waals surface area contributed by atoms with Crippen LogP contribution >= 0.6 is 0 Å². The zero-order valence-electron chi connectivity index (χ0n) is 11.2. The van der Waals surface area contributed by atoms with Gasteiger partial charge in [0, 0.05) is 19.1 Å². The minimum atomic E-state index is -0.435. The molecule has 1 heterocycles. The molecule has 2 aromatic carbocycles. The smallest absolute Gasteiger partial charge is 0.0942 e. The first kappa shape index (κ1) is 12.4. The van der Waals surface area contributed by atoms with E-state index in [2.05, 4.69) is 36.1 Å². The summed E-state index contributed by atoms with van der Waals surface area (Å²) in [6, 6.07) is 18.6. The quantitative estimate of drug-likeness (QED) is 0.908. The summed E-state index contributed by atoms with van der Waals surface area (Å²) in [7, 11) is 0. The van der Waals surface area contributed by atoms with Crippen molar-refractivity contribution in [1.82, 2.24) is 4.90 Å². The highest BCUT2D eigenvalue weighted by atomic mass is 16.3. The summed E-state index contributed by atoms with van der Waals surface area (Å²) in [4.78, 5) is 2.34. The third kappa shape index (κ3) is 2.42. The lowest BCUT2D eigenvalue weighted by molar-refractivity contribution is 0.0559. The molecule has 2 atom stereocenters. The summed E-state index contributed by atoms with van der Waals surface area (Å²) in [5, 5.41) is 10.5. The monoisotopic (exact) mass is 253 g/mol.